The van der Waals surface area contributed by atoms with E-state index in [1.165, 1.54) is 35.8 Å². The van der Waals surface area contributed by atoms with Crippen LogP contribution in [0.3, 0.4) is 0 Å². The summed E-state index contributed by atoms with van der Waals surface area (Å²) in [6, 6.07) is 19.1. The van der Waals surface area contributed by atoms with E-state index in [1.54, 1.807) is 12.2 Å². The highest BCUT2D eigenvalue weighted by Gasteiger charge is 2.65. The van der Waals surface area contributed by atoms with Gasteiger partial charge < -0.3 is 19.0 Å². The number of esters is 2. The van der Waals surface area contributed by atoms with Crippen LogP contribution in [0.1, 0.15) is 25.8 Å². The van der Waals surface area contributed by atoms with E-state index in [9.17, 15) is 9.59 Å². The second-order valence-electron chi connectivity index (χ2n) is 10.6. The second-order valence-corrected chi connectivity index (χ2v) is 10.6. The number of hydrogen-bond acceptors (Lipinski definition) is 7. The number of ether oxygens (including phenoxy) is 3. The highest BCUT2D eigenvalue weighted by molar-refractivity contribution is 6.24. The third-order valence-electron chi connectivity index (χ3n) is 7.93. The lowest BCUT2D eigenvalue weighted by molar-refractivity contribution is -0.231. The van der Waals surface area contributed by atoms with Crippen LogP contribution in [0.5, 0.6) is 0 Å². The lowest BCUT2D eigenvalue weighted by Crippen LogP contribution is -2.45. The molecule has 0 radical (unpaired) electrons. The summed E-state index contributed by atoms with van der Waals surface area (Å²) < 4.78 is 15.9. The molecule has 0 bridgehead atoms. The van der Waals surface area contributed by atoms with Crippen molar-refractivity contribution in [3.05, 3.63) is 77.6 Å². The van der Waals surface area contributed by atoms with Gasteiger partial charge in [0.15, 0.2) is 0 Å². The van der Waals surface area contributed by atoms with Gasteiger partial charge in [0.05, 0.1) is 14.2 Å². The van der Waals surface area contributed by atoms with Gasteiger partial charge in [0.25, 0.3) is 0 Å². The van der Waals surface area contributed by atoms with Crippen molar-refractivity contribution < 1.29 is 28.6 Å². The van der Waals surface area contributed by atoms with E-state index < -0.39 is 29.1 Å². The lowest BCUT2D eigenvalue weighted by Gasteiger charge is -2.31. The zero-order valence-corrected chi connectivity index (χ0v) is 22.0. The van der Waals surface area contributed by atoms with Crippen LogP contribution in [0.2, 0.25) is 0 Å². The van der Waals surface area contributed by atoms with Gasteiger partial charge in [-0.3, -0.25) is 0 Å². The average Bonchev–Trinajstić information content (AvgIpc) is 3.34. The molecule has 0 spiro atoms. The van der Waals surface area contributed by atoms with Crippen molar-refractivity contribution in [3.8, 4) is 0 Å². The number of carbonyl (C=O) groups is 2. The van der Waals surface area contributed by atoms with E-state index in [1.807, 2.05) is 26.0 Å². The molecule has 1 fully saturated rings. The molecular formula is C31H29NO6. The van der Waals surface area contributed by atoms with Gasteiger partial charge in [-0.2, -0.15) is 0 Å². The summed E-state index contributed by atoms with van der Waals surface area (Å²) in [4.78, 5) is 31.9. The van der Waals surface area contributed by atoms with Crippen LogP contribution >= 0.6 is 0 Å². The summed E-state index contributed by atoms with van der Waals surface area (Å²) in [6.07, 6.45) is 3.85. The number of hydrogen-bond donors (Lipinski definition) is 0. The van der Waals surface area contributed by atoms with E-state index in [0.717, 1.165) is 16.3 Å². The van der Waals surface area contributed by atoms with Crippen LogP contribution in [0.25, 0.3) is 38.4 Å². The standard InChI is InChI=1S/C31H29NO6/c1-30(2)17-31(25(27(33)35-3)26(28(34)36-4)38-32(31)29(30)37-5)16-15-18-9-10-21-12-11-19-7-6-8-20-13-14-22(18)24(21)23(19)20/h6-16,29H,17H2,1-5H3/b16-15+/t29-,31+/m1/s1. The molecule has 2 heterocycles. The van der Waals surface area contributed by atoms with Crippen molar-refractivity contribution in [3.63, 3.8) is 0 Å². The van der Waals surface area contributed by atoms with E-state index >= 15 is 0 Å². The number of methoxy groups -OCH3 is 3. The highest BCUT2D eigenvalue weighted by atomic mass is 16.7. The number of benzene rings is 4. The molecule has 4 aromatic carbocycles. The maximum Gasteiger partial charge on any atom is 0.376 e. The molecule has 194 valence electrons. The van der Waals surface area contributed by atoms with E-state index in [4.69, 9.17) is 19.0 Å². The highest BCUT2D eigenvalue weighted by Crippen LogP contribution is 2.56. The molecule has 0 amide bonds. The number of hydroxylamine groups is 2. The molecule has 0 saturated carbocycles. The Morgan fingerprint density at radius 3 is 2.18 bits per heavy atom. The second kappa shape index (κ2) is 8.55. The summed E-state index contributed by atoms with van der Waals surface area (Å²) in [7, 11) is 4.13. The molecular weight excluding hydrogens is 482 g/mol. The SMILES string of the molecule is COC(=O)C1=C(C(=O)OC)[C@]2(/C=C/c3ccc4ccc5cccc6ccc3c4c56)CC(C)(C)[C@@H](OC)N2O1. The summed E-state index contributed by atoms with van der Waals surface area (Å²) in [5, 5.41) is 8.66. The van der Waals surface area contributed by atoms with Gasteiger partial charge in [0.2, 0.25) is 5.76 Å². The van der Waals surface area contributed by atoms with Crippen molar-refractivity contribution >= 4 is 50.3 Å². The Labute approximate surface area is 220 Å². The van der Waals surface area contributed by atoms with E-state index in [0.29, 0.717) is 6.42 Å². The molecule has 0 unspecified atom stereocenters. The molecule has 6 rings (SSSR count). The molecule has 7 nitrogen and oxygen atoms in total. The van der Waals surface area contributed by atoms with Crippen molar-refractivity contribution in [1.29, 1.82) is 0 Å². The zero-order chi connectivity index (χ0) is 26.8. The van der Waals surface area contributed by atoms with Crippen LogP contribution < -0.4 is 0 Å². The summed E-state index contributed by atoms with van der Waals surface area (Å²) in [6.45, 7) is 4.09. The molecule has 1 saturated heterocycles. The average molecular weight is 512 g/mol. The third-order valence-corrected chi connectivity index (χ3v) is 7.93. The van der Waals surface area contributed by atoms with Gasteiger partial charge >= 0.3 is 11.9 Å². The van der Waals surface area contributed by atoms with Gasteiger partial charge in [-0.25, -0.2) is 9.59 Å². The molecule has 2 aliphatic heterocycles. The monoisotopic (exact) mass is 511 g/mol. The first-order chi connectivity index (χ1) is 18.3. The first-order valence-electron chi connectivity index (χ1n) is 12.5. The molecule has 2 atom stereocenters. The van der Waals surface area contributed by atoms with E-state index in [2.05, 4.69) is 54.6 Å². The molecule has 7 heteroatoms. The van der Waals surface area contributed by atoms with Gasteiger partial charge in [0, 0.05) is 12.5 Å². The Kier molecular flexibility index (Phi) is 5.49. The largest absolute Gasteiger partial charge is 0.465 e. The van der Waals surface area contributed by atoms with E-state index in [-0.39, 0.29) is 11.3 Å². The third kappa shape index (κ3) is 3.28. The van der Waals surface area contributed by atoms with Crippen molar-refractivity contribution in [2.24, 2.45) is 5.41 Å². The number of carbonyl (C=O) groups excluding carboxylic acids is 2. The fraction of sp³-hybridized carbons (Fsp3) is 0.290. The maximum atomic E-state index is 13.2. The Balaban J connectivity index is 1.57. The van der Waals surface area contributed by atoms with Gasteiger partial charge in [-0.05, 0) is 44.3 Å². The van der Waals surface area contributed by atoms with Crippen molar-refractivity contribution in [2.45, 2.75) is 32.0 Å². The smallest absolute Gasteiger partial charge is 0.376 e. The minimum atomic E-state index is -1.11. The minimum Gasteiger partial charge on any atom is -0.465 e. The van der Waals surface area contributed by atoms with Crippen molar-refractivity contribution in [2.75, 3.05) is 21.3 Å². The molecule has 4 aromatic rings. The Morgan fingerprint density at radius 2 is 1.53 bits per heavy atom. The molecule has 2 aliphatic rings. The first-order valence-corrected chi connectivity index (χ1v) is 12.5. The van der Waals surface area contributed by atoms with Crippen LogP contribution in [0, 0.1) is 5.41 Å². The summed E-state index contributed by atoms with van der Waals surface area (Å²) in [5.41, 5.74) is -0.430. The maximum absolute atomic E-state index is 13.2. The Hall–Kier alpha value is -3.94. The molecule has 0 aliphatic carbocycles. The Morgan fingerprint density at radius 1 is 0.895 bits per heavy atom. The predicted octanol–water partition coefficient (Wildman–Crippen LogP) is 5.59. The predicted molar refractivity (Wildman–Crippen MR) is 145 cm³/mol. The molecule has 0 N–H and O–H groups in total. The quantitative estimate of drug-likeness (QED) is 0.256. The number of nitrogens with zero attached hydrogens (tertiary/aromatic N) is 1. The van der Waals surface area contributed by atoms with Crippen LogP contribution in [-0.4, -0.2) is 50.1 Å². The summed E-state index contributed by atoms with van der Waals surface area (Å²) in [5.74, 6) is -1.58. The topological polar surface area (TPSA) is 74.3 Å². The van der Waals surface area contributed by atoms with Gasteiger partial charge in [-0.15, -0.1) is 0 Å². The number of rotatable bonds is 5. The van der Waals surface area contributed by atoms with Crippen LogP contribution in [0.4, 0.5) is 0 Å². The first kappa shape index (κ1) is 24.4. The molecule has 0 aromatic heterocycles. The number of fused-ring (bicyclic) bond motifs is 1. The Bertz CT molecular complexity index is 1650. The molecule has 38 heavy (non-hydrogen) atoms. The van der Waals surface area contributed by atoms with Crippen LogP contribution in [-0.2, 0) is 28.6 Å². The van der Waals surface area contributed by atoms with Crippen LogP contribution in [0.15, 0.2) is 72.0 Å². The lowest BCUT2D eigenvalue weighted by atomic mass is 9.78. The normalized spacial score (nSPS) is 23.0. The fourth-order valence-corrected chi connectivity index (χ4v) is 6.42. The zero-order valence-electron chi connectivity index (χ0n) is 22.0. The van der Waals surface area contributed by atoms with Crippen molar-refractivity contribution in [1.82, 2.24) is 5.06 Å². The summed E-state index contributed by atoms with van der Waals surface area (Å²) >= 11 is 0. The minimum absolute atomic E-state index is 0.105. The van der Waals surface area contributed by atoms with Gasteiger partial charge in [0.1, 0.15) is 17.3 Å². The fourth-order valence-electron chi connectivity index (χ4n) is 6.42. The van der Waals surface area contributed by atoms with Gasteiger partial charge in [-0.1, -0.05) is 85.7 Å².